The second kappa shape index (κ2) is 5.93. The Bertz CT molecular complexity index is 465. The quantitative estimate of drug-likeness (QED) is 0.915. The molecule has 6 heteroatoms. The third kappa shape index (κ3) is 5.18. The second-order valence-corrected chi connectivity index (χ2v) is 5.39. The highest BCUT2D eigenvalue weighted by Gasteiger charge is 2.21. The Labute approximate surface area is 116 Å². The van der Waals surface area contributed by atoms with E-state index in [1.54, 1.807) is 20.8 Å². The maximum atomic E-state index is 11.6. The number of carbonyl (C=O) groups is 2. The molecule has 1 atom stereocenters. The van der Waals surface area contributed by atoms with Gasteiger partial charge in [-0.25, -0.2) is 4.79 Å². The number of carbonyl (C=O) groups excluding carboxylic acids is 2. The molecule has 0 radical (unpaired) electrons. The Morgan fingerprint density at radius 1 is 1.26 bits per heavy atom. The summed E-state index contributed by atoms with van der Waals surface area (Å²) in [5, 5.41) is 13.8. The molecule has 0 aromatic heterocycles. The van der Waals surface area contributed by atoms with E-state index in [0.717, 1.165) is 0 Å². The highest BCUT2D eigenvalue weighted by molar-refractivity contribution is 6.30. The van der Waals surface area contributed by atoms with Gasteiger partial charge in [0.05, 0.1) is 12.0 Å². The van der Waals surface area contributed by atoms with Gasteiger partial charge in [-0.15, -0.1) is 0 Å². The average molecular weight is 285 g/mol. The van der Waals surface area contributed by atoms with Crippen molar-refractivity contribution in [2.45, 2.75) is 32.4 Å². The van der Waals surface area contributed by atoms with Gasteiger partial charge in [0.1, 0.15) is 5.60 Å². The van der Waals surface area contributed by atoms with E-state index >= 15 is 0 Å². The lowest BCUT2D eigenvalue weighted by Gasteiger charge is -2.24. The molecule has 1 amide bonds. The monoisotopic (exact) mass is 284 g/mol. The number of hydrogen-bond acceptors (Lipinski definition) is 4. The number of aliphatic carboxylic acids is 1. The standard InChI is InChI=1S/C13H16ClNO4/c1-13(2,3)19-12(18)15-10(11(16)17)8-4-6-9(14)7-5-8/h4-7,10H,1-3H3,(H,15,18)(H,16,17)/p-1/t10-/m0/s1. The highest BCUT2D eigenvalue weighted by atomic mass is 35.5. The number of halogens is 1. The van der Waals surface area contributed by atoms with Gasteiger partial charge >= 0.3 is 6.09 Å². The molecule has 0 fully saturated rings. The summed E-state index contributed by atoms with van der Waals surface area (Å²) in [4.78, 5) is 22.6. The first-order chi connectivity index (χ1) is 8.69. The summed E-state index contributed by atoms with van der Waals surface area (Å²) in [5.41, 5.74) is -0.351. The summed E-state index contributed by atoms with van der Waals surface area (Å²) in [6, 6.07) is 4.78. The molecule has 0 aliphatic carbocycles. The summed E-state index contributed by atoms with van der Waals surface area (Å²) >= 11 is 5.71. The van der Waals surface area contributed by atoms with Crippen molar-refractivity contribution < 1.29 is 19.4 Å². The van der Waals surface area contributed by atoms with Crippen molar-refractivity contribution in [1.82, 2.24) is 5.32 Å². The maximum absolute atomic E-state index is 11.6. The topological polar surface area (TPSA) is 78.5 Å². The van der Waals surface area contributed by atoms with Crippen LogP contribution in [0.15, 0.2) is 24.3 Å². The number of amides is 1. The molecule has 0 bridgehead atoms. The molecule has 5 nitrogen and oxygen atoms in total. The van der Waals surface area contributed by atoms with E-state index in [4.69, 9.17) is 16.3 Å². The molecular weight excluding hydrogens is 270 g/mol. The fourth-order valence-electron chi connectivity index (χ4n) is 1.36. The number of alkyl carbamates (subject to hydrolysis) is 1. The molecule has 1 N–H and O–H groups in total. The van der Waals surface area contributed by atoms with Gasteiger partial charge in [-0.3, -0.25) is 0 Å². The van der Waals surface area contributed by atoms with Crippen LogP contribution in [0.25, 0.3) is 0 Å². The third-order valence-corrected chi connectivity index (χ3v) is 2.35. The molecule has 104 valence electrons. The maximum Gasteiger partial charge on any atom is 0.408 e. The van der Waals surface area contributed by atoms with E-state index < -0.39 is 23.7 Å². The highest BCUT2D eigenvalue weighted by Crippen LogP contribution is 2.17. The van der Waals surface area contributed by atoms with Crippen LogP contribution >= 0.6 is 11.6 Å². The molecule has 0 spiro atoms. The van der Waals surface area contributed by atoms with Crippen LogP contribution in [0.1, 0.15) is 32.4 Å². The molecule has 0 aliphatic rings. The molecular formula is C13H15ClNO4-. The molecule has 0 unspecified atom stereocenters. The van der Waals surface area contributed by atoms with E-state index in [1.807, 2.05) is 0 Å². The zero-order chi connectivity index (χ0) is 14.6. The molecule has 1 aromatic rings. The van der Waals surface area contributed by atoms with Crippen LogP contribution < -0.4 is 10.4 Å². The first-order valence-corrected chi connectivity index (χ1v) is 6.02. The van der Waals surface area contributed by atoms with Gasteiger partial charge in [-0.05, 0) is 38.5 Å². The van der Waals surface area contributed by atoms with Crippen molar-refractivity contribution >= 4 is 23.7 Å². The fourth-order valence-corrected chi connectivity index (χ4v) is 1.48. The summed E-state index contributed by atoms with van der Waals surface area (Å²) in [5.74, 6) is -1.42. The summed E-state index contributed by atoms with van der Waals surface area (Å²) in [6.07, 6.45) is -0.823. The molecule has 1 aromatic carbocycles. The normalized spacial score (nSPS) is 12.6. The van der Waals surface area contributed by atoms with Crippen molar-refractivity contribution in [3.05, 3.63) is 34.9 Å². The summed E-state index contributed by atoms with van der Waals surface area (Å²) < 4.78 is 5.00. The van der Waals surface area contributed by atoms with E-state index in [1.165, 1.54) is 24.3 Å². The predicted molar refractivity (Wildman–Crippen MR) is 68.6 cm³/mol. The molecule has 19 heavy (non-hydrogen) atoms. The van der Waals surface area contributed by atoms with Crippen LogP contribution in [0.5, 0.6) is 0 Å². The SMILES string of the molecule is CC(C)(C)OC(=O)N[C@H](C(=O)[O-])c1ccc(Cl)cc1. The van der Waals surface area contributed by atoms with Gasteiger partial charge in [0.2, 0.25) is 0 Å². The summed E-state index contributed by atoms with van der Waals surface area (Å²) in [6.45, 7) is 5.05. The molecule has 0 heterocycles. The van der Waals surface area contributed by atoms with Crippen LogP contribution in [-0.2, 0) is 9.53 Å². The number of benzene rings is 1. The number of hydrogen-bond donors (Lipinski definition) is 1. The first kappa shape index (κ1) is 15.3. The van der Waals surface area contributed by atoms with Gasteiger partial charge in [0, 0.05) is 5.02 Å². The van der Waals surface area contributed by atoms with Gasteiger partial charge in [-0.1, -0.05) is 23.7 Å². The van der Waals surface area contributed by atoms with Crippen molar-refractivity contribution in [3.8, 4) is 0 Å². The minimum absolute atomic E-state index is 0.357. The lowest BCUT2D eigenvalue weighted by Crippen LogP contribution is -2.43. The van der Waals surface area contributed by atoms with Gasteiger partial charge in [-0.2, -0.15) is 0 Å². The number of ether oxygens (including phenoxy) is 1. The number of carboxylic acids is 1. The number of nitrogens with one attached hydrogen (secondary N) is 1. The number of rotatable bonds is 3. The van der Waals surface area contributed by atoms with Gasteiger partial charge < -0.3 is 20.0 Å². The van der Waals surface area contributed by atoms with Gasteiger partial charge in [0.15, 0.2) is 0 Å². The van der Waals surface area contributed by atoms with E-state index in [0.29, 0.717) is 10.6 Å². The molecule has 0 saturated heterocycles. The average Bonchev–Trinajstić information content (AvgIpc) is 2.24. The fraction of sp³-hybridized carbons (Fsp3) is 0.385. The van der Waals surface area contributed by atoms with Crippen molar-refractivity contribution in [1.29, 1.82) is 0 Å². The minimum Gasteiger partial charge on any atom is -0.548 e. The Morgan fingerprint density at radius 3 is 2.21 bits per heavy atom. The zero-order valence-corrected chi connectivity index (χ0v) is 11.7. The Morgan fingerprint density at radius 2 is 1.79 bits per heavy atom. The van der Waals surface area contributed by atoms with E-state index in [2.05, 4.69) is 5.32 Å². The molecule has 1 rings (SSSR count). The Hall–Kier alpha value is -1.75. The zero-order valence-electron chi connectivity index (χ0n) is 10.9. The number of carboxylic acid groups (broad SMARTS) is 1. The van der Waals surface area contributed by atoms with Crippen molar-refractivity contribution in [3.63, 3.8) is 0 Å². The van der Waals surface area contributed by atoms with Crippen LogP contribution in [-0.4, -0.2) is 17.7 Å². The minimum atomic E-state index is -1.42. The van der Waals surface area contributed by atoms with E-state index in [9.17, 15) is 14.7 Å². The smallest absolute Gasteiger partial charge is 0.408 e. The third-order valence-electron chi connectivity index (χ3n) is 2.10. The van der Waals surface area contributed by atoms with Crippen molar-refractivity contribution in [2.75, 3.05) is 0 Å². The van der Waals surface area contributed by atoms with Crippen LogP contribution in [0.4, 0.5) is 4.79 Å². The Balaban J connectivity index is 2.82. The van der Waals surface area contributed by atoms with Crippen LogP contribution in [0.2, 0.25) is 5.02 Å². The first-order valence-electron chi connectivity index (χ1n) is 5.65. The van der Waals surface area contributed by atoms with Gasteiger partial charge in [0.25, 0.3) is 0 Å². The van der Waals surface area contributed by atoms with Crippen LogP contribution in [0.3, 0.4) is 0 Å². The lowest BCUT2D eigenvalue weighted by molar-refractivity contribution is -0.308. The second-order valence-electron chi connectivity index (χ2n) is 4.95. The largest absolute Gasteiger partial charge is 0.548 e. The molecule has 0 aliphatic heterocycles. The predicted octanol–water partition coefficient (Wildman–Crippen LogP) is 1.66. The molecule has 0 saturated carbocycles. The Kier molecular flexibility index (Phi) is 4.78. The summed E-state index contributed by atoms with van der Waals surface area (Å²) in [7, 11) is 0. The van der Waals surface area contributed by atoms with Crippen LogP contribution in [0, 0.1) is 0 Å². The van der Waals surface area contributed by atoms with E-state index in [-0.39, 0.29) is 0 Å². The van der Waals surface area contributed by atoms with Crippen molar-refractivity contribution in [2.24, 2.45) is 0 Å². The lowest BCUT2D eigenvalue weighted by atomic mass is 10.1.